The second kappa shape index (κ2) is 5.50. The van der Waals surface area contributed by atoms with Crippen LogP contribution in [0.1, 0.15) is 47.5 Å². The number of aromatic nitrogens is 3. The van der Waals surface area contributed by atoms with Crippen molar-refractivity contribution in [3.63, 3.8) is 0 Å². The summed E-state index contributed by atoms with van der Waals surface area (Å²) in [5.74, 6) is 2.33. The van der Waals surface area contributed by atoms with Crippen LogP contribution in [0.5, 0.6) is 0 Å². The molecule has 2 atom stereocenters. The van der Waals surface area contributed by atoms with Crippen molar-refractivity contribution in [2.45, 2.75) is 57.7 Å². The predicted octanol–water partition coefficient (Wildman–Crippen LogP) is 2.52. The van der Waals surface area contributed by atoms with Gasteiger partial charge in [-0.15, -0.1) is 21.5 Å². The molecule has 4 rings (SSSR count). The molecule has 0 radical (unpaired) electrons. The number of aryl methyl sites for hydroxylation is 1. The largest absolute Gasteiger partial charge is 0.330 e. The molecular formula is C16H20N4OS. The van der Waals surface area contributed by atoms with E-state index in [2.05, 4.69) is 26.6 Å². The van der Waals surface area contributed by atoms with Crippen LogP contribution in [0.3, 0.4) is 0 Å². The van der Waals surface area contributed by atoms with E-state index in [1.54, 1.807) is 0 Å². The SMILES string of the molecule is CCCc1nnc2n1CC1CCC(C2)N1C(=O)c1cccs1. The number of hydrogen-bond acceptors (Lipinski definition) is 4. The van der Waals surface area contributed by atoms with Gasteiger partial charge in [-0.05, 0) is 30.7 Å². The molecule has 1 saturated heterocycles. The zero-order valence-corrected chi connectivity index (χ0v) is 13.6. The van der Waals surface area contributed by atoms with Crippen LogP contribution in [-0.4, -0.2) is 37.7 Å². The molecule has 2 aromatic heterocycles. The Kier molecular flexibility index (Phi) is 3.48. The predicted molar refractivity (Wildman–Crippen MR) is 85.0 cm³/mol. The minimum atomic E-state index is 0.193. The van der Waals surface area contributed by atoms with E-state index in [9.17, 15) is 4.79 Å². The van der Waals surface area contributed by atoms with E-state index in [4.69, 9.17) is 0 Å². The molecule has 2 aromatic rings. The number of hydrogen-bond donors (Lipinski definition) is 0. The van der Waals surface area contributed by atoms with E-state index in [1.165, 1.54) is 11.3 Å². The van der Waals surface area contributed by atoms with Gasteiger partial charge in [0.15, 0.2) is 0 Å². The zero-order chi connectivity index (χ0) is 15.1. The Balaban J connectivity index is 1.65. The van der Waals surface area contributed by atoms with Crippen molar-refractivity contribution in [2.24, 2.45) is 0 Å². The Morgan fingerprint density at radius 3 is 3.00 bits per heavy atom. The first-order valence-corrected chi connectivity index (χ1v) is 8.93. The van der Waals surface area contributed by atoms with Gasteiger partial charge in [0.2, 0.25) is 0 Å². The van der Waals surface area contributed by atoms with E-state index < -0.39 is 0 Å². The summed E-state index contributed by atoms with van der Waals surface area (Å²) in [6.45, 7) is 3.02. The van der Waals surface area contributed by atoms with Crippen LogP contribution in [0.25, 0.3) is 0 Å². The highest BCUT2D eigenvalue weighted by Gasteiger charge is 2.41. The number of carbonyl (C=O) groups is 1. The van der Waals surface area contributed by atoms with E-state index in [-0.39, 0.29) is 18.0 Å². The highest BCUT2D eigenvalue weighted by atomic mass is 32.1. The van der Waals surface area contributed by atoms with Crippen LogP contribution in [0.4, 0.5) is 0 Å². The lowest BCUT2D eigenvalue weighted by molar-refractivity contribution is 0.0670. The average Bonchev–Trinajstić information content (AvgIpc) is 3.20. The maximum absolute atomic E-state index is 12.8. The van der Waals surface area contributed by atoms with E-state index >= 15 is 0 Å². The van der Waals surface area contributed by atoms with Gasteiger partial charge in [0.25, 0.3) is 5.91 Å². The summed E-state index contributed by atoms with van der Waals surface area (Å²) in [6, 6.07) is 4.44. The quantitative estimate of drug-likeness (QED) is 0.874. The molecular weight excluding hydrogens is 296 g/mol. The monoisotopic (exact) mass is 316 g/mol. The Labute approximate surface area is 134 Å². The third kappa shape index (κ3) is 2.17. The lowest BCUT2D eigenvalue weighted by Crippen LogP contribution is -2.41. The van der Waals surface area contributed by atoms with Gasteiger partial charge in [0.1, 0.15) is 11.6 Å². The second-order valence-electron chi connectivity index (χ2n) is 6.17. The zero-order valence-electron chi connectivity index (χ0n) is 12.7. The molecule has 22 heavy (non-hydrogen) atoms. The third-order valence-electron chi connectivity index (χ3n) is 4.78. The highest BCUT2D eigenvalue weighted by Crippen LogP contribution is 2.33. The lowest BCUT2D eigenvalue weighted by Gasteiger charge is -2.27. The van der Waals surface area contributed by atoms with Crippen LogP contribution in [0.15, 0.2) is 17.5 Å². The molecule has 1 amide bonds. The molecule has 4 heterocycles. The molecule has 116 valence electrons. The van der Waals surface area contributed by atoms with E-state index in [0.717, 1.165) is 55.2 Å². The second-order valence-corrected chi connectivity index (χ2v) is 7.12. The summed E-state index contributed by atoms with van der Waals surface area (Å²) in [5.41, 5.74) is 0. The molecule has 0 aliphatic carbocycles. The first-order valence-electron chi connectivity index (χ1n) is 8.05. The van der Waals surface area contributed by atoms with Gasteiger partial charge in [-0.25, -0.2) is 0 Å². The van der Waals surface area contributed by atoms with Crippen LogP contribution in [0.2, 0.25) is 0 Å². The molecule has 0 saturated carbocycles. The smallest absolute Gasteiger partial charge is 0.264 e. The van der Waals surface area contributed by atoms with Gasteiger partial charge in [-0.3, -0.25) is 4.79 Å². The number of nitrogens with zero attached hydrogens (tertiary/aromatic N) is 4. The molecule has 0 spiro atoms. The number of thiophene rings is 1. The molecule has 5 nitrogen and oxygen atoms in total. The first kappa shape index (κ1) is 13.9. The molecule has 1 fully saturated rings. The molecule has 2 aliphatic heterocycles. The highest BCUT2D eigenvalue weighted by molar-refractivity contribution is 7.12. The van der Waals surface area contributed by atoms with Gasteiger partial charge in [-0.2, -0.15) is 0 Å². The fourth-order valence-electron chi connectivity index (χ4n) is 3.76. The van der Waals surface area contributed by atoms with Gasteiger partial charge in [0, 0.05) is 25.4 Å². The fraction of sp³-hybridized carbons (Fsp3) is 0.562. The van der Waals surface area contributed by atoms with Gasteiger partial charge < -0.3 is 9.47 Å². The number of rotatable bonds is 3. The minimum absolute atomic E-state index is 0.193. The topological polar surface area (TPSA) is 51.0 Å². The number of carbonyl (C=O) groups excluding carboxylic acids is 1. The van der Waals surface area contributed by atoms with Crippen molar-refractivity contribution in [3.8, 4) is 0 Å². The first-order chi connectivity index (χ1) is 10.8. The summed E-state index contributed by atoms with van der Waals surface area (Å²) >= 11 is 1.53. The summed E-state index contributed by atoms with van der Waals surface area (Å²) in [7, 11) is 0. The summed E-state index contributed by atoms with van der Waals surface area (Å²) in [4.78, 5) is 15.8. The Hall–Kier alpha value is -1.69. The number of fused-ring (bicyclic) bond motifs is 3. The van der Waals surface area contributed by atoms with Crippen molar-refractivity contribution in [1.29, 1.82) is 0 Å². The maximum atomic E-state index is 12.8. The molecule has 2 aliphatic rings. The van der Waals surface area contributed by atoms with Crippen LogP contribution in [-0.2, 0) is 19.4 Å². The summed E-state index contributed by atoms with van der Waals surface area (Å²) < 4.78 is 2.27. The Morgan fingerprint density at radius 2 is 2.23 bits per heavy atom. The van der Waals surface area contributed by atoms with Crippen molar-refractivity contribution in [3.05, 3.63) is 34.0 Å². The van der Waals surface area contributed by atoms with Crippen molar-refractivity contribution in [2.75, 3.05) is 0 Å². The molecule has 2 bridgehead atoms. The molecule has 6 heteroatoms. The lowest BCUT2D eigenvalue weighted by atomic mass is 10.1. The third-order valence-corrected chi connectivity index (χ3v) is 5.63. The minimum Gasteiger partial charge on any atom is -0.330 e. The Bertz CT molecular complexity index is 678. The van der Waals surface area contributed by atoms with Crippen LogP contribution in [0, 0.1) is 0 Å². The maximum Gasteiger partial charge on any atom is 0.264 e. The van der Waals surface area contributed by atoms with Crippen molar-refractivity contribution in [1.82, 2.24) is 19.7 Å². The normalized spacial score (nSPS) is 23.4. The van der Waals surface area contributed by atoms with E-state index in [0.29, 0.717) is 0 Å². The Morgan fingerprint density at radius 1 is 1.36 bits per heavy atom. The average molecular weight is 316 g/mol. The fourth-order valence-corrected chi connectivity index (χ4v) is 4.43. The van der Waals surface area contributed by atoms with Gasteiger partial charge >= 0.3 is 0 Å². The van der Waals surface area contributed by atoms with Crippen molar-refractivity contribution < 1.29 is 4.79 Å². The van der Waals surface area contributed by atoms with Crippen LogP contribution >= 0.6 is 11.3 Å². The summed E-state index contributed by atoms with van der Waals surface area (Å²) in [6.07, 6.45) is 5.04. The number of amides is 1. The standard InChI is InChI=1S/C16H20N4OS/c1-2-4-14-17-18-15-9-11-6-7-12(10-19(14)15)20(11)16(21)13-5-3-8-22-13/h3,5,8,11-12H,2,4,6-7,9-10H2,1H3. The van der Waals surface area contributed by atoms with Gasteiger partial charge in [0.05, 0.1) is 10.9 Å². The molecule has 0 aromatic carbocycles. The van der Waals surface area contributed by atoms with E-state index in [1.807, 2.05) is 17.5 Å². The van der Waals surface area contributed by atoms with Crippen molar-refractivity contribution >= 4 is 17.2 Å². The molecule has 0 N–H and O–H groups in total. The van der Waals surface area contributed by atoms with Gasteiger partial charge in [-0.1, -0.05) is 13.0 Å². The summed E-state index contributed by atoms with van der Waals surface area (Å²) in [5, 5.41) is 10.7. The van der Waals surface area contributed by atoms with Crippen LogP contribution < -0.4 is 0 Å². The molecule has 2 unspecified atom stereocenters.